The van der Waals surface area contributed by atoms with Crippen LogP contribution in [0.5, 0.6) is 0 Å². The molecule has 1 aromatic heterocycles. The average molecular weight is 305 g/mol. The van der Waals surface area contributed by atoms with Gasteiger partial charge in [-0.15, -0.1) is 5.10 Å². The fourth-order valence-electron chi connectivity index (χ4n) is 2.03. The minimum Gasteiger partial charge on any atom is -0.407 e. The Morgan fingerprint density at radius 2 is 1.70 bits per heavy atom. The van der Waals surface area contributed by atoms with Crippen LogP contribution in [0.25, 0.3) is 6.08 Å². The fourth-order valence-corrected chi connectivity index (χ4v) is 2.03. The van der Waals surface area contributed by atoms with Crippen LogP contribution in [0, 0.1) is 0 Å². The summed E-state index contributed by atoms with van der Waals surface area (Å²) in [5, 5.41) is 10.3. The zero-order chi connectivity index (χ0) is 15.9. The molecule has 0 atom stereocenters. The van der Waals surface area contributed by atoms with Gasteiger partial charge in [0.2, 0.25) is 5.89 Å². The molecule has 1 amide bonds. The Kier molecular flexibility index (Phi) is 4.59. The molecule has 1 heterocycles. The molecule has 114 valence electrons. The molecule has 0 aliphatic rings. The second-order valence-electron chi connectivity index (χ2n) is 4.90. The van der Waals surface area contributed by atoms with Crippen molar-refractivity contribution in [3.05, 3.63) is 83.8 Å². The summed E-state index contributed by atoms with van der Waals surface area (Å²) in [7, 11) is 0. The number of hydrogen-bond donors (Lipinski definition) is 1. The van der Waals surface area contributed by atoms with Gasteiger partial charge in [-0.3, -0.25) is 10.1 Å². The molecule has 3 rings (SSSR count). The molecule has 0 aliphatic carbocycles. The molecule has 0 spiro atoms. The summed E-state index contributed by atoms with van der Waals surface area (Å²) in [5.74, 6) is 0.141. The molecule has 0 bridgehead atoms. The Morgan fingerprint density at radius 1 is 1.00 bits per heavy atom. The lowest BCUT2D eigenvalue weighted by atomic mass is 10.2. The van der Waals surface area contributed by atoms with Gasteiger partial charge in [0, 0.05) is 6.08 Å². The monoisotopic (exact) mass is 305 g/mol. The highest BCUT2D eigenvalue weighted by molar-refractivity contribution is 6.00. The van der Waals surface area contributed by atoms with Crippen LogP contribution in [0.15, 0.2) is 71.2 Å². The second kappa shape index (κ2) is 7.17. The number of amides is 1. The van der Waals surface area contributed by atoms with Crippen LogP contribution in [-0.2, 0) is 11.2 Å². The van der Waals surface area contributed by atoms with Crippen LogP contribution in [-0.4, -0.2) is 16.1 Å². The molecule has 3 aromatic rings. The SMILES string of the molecule is O=C(/C=C/c1ccccc1)Nc1nnc(Cc2ccccc2)o1. The van der Waals surface area contributed by atoms with E-state index in [1.807, 2.05) is 60.7 Å². The Hall–Kier alpha value is -3.21. The molecule has 23 heavy (non-hydrogen) atoms. The van der Waals surface area contributed by atoms with Crippen LogP contribution < -0.4 is 5.32 Å². The van der Waals surface area contributed by atoms with Crippen LogP contribution in [0.1, 0.15) is 17.0 Å². The molecular weight excluding hydrogens is 290 g/mol. The molecule has 5 nitrogen and oxygen atoms in total. The van der Waals surface area contributed by atoms with Gasteiger partial charge in [-0.25, -0.2) is 0 Å². The zero-order valence-corrected chi connectivity index (χ0v) is 12.3. The molecule has 5 heteroatoms. The number of nitrogens with zero attached hydrogens (tertiary/aromatic N) is 2. The van der Waals surface area contributed by atoms with Crippen LogP contribution in [0.2, 0.25) is 0 Å². The summed E-state index contributed by atoms with van der Waals surface area (Å²) in [6.07, 6.45) is 3.68. The fraction of sp³-hybridized carbons (Fsp3) is 0.0556. The normalized spacial score (nSPS) is 10.8. The second-order valence-corrected chi connectivity index (χ2v) is 4.90. The van der Waals surface area contributed by atoms with Crippen LogP contribution >= 0.6 is 0 Å². The number of aromatic nitrogens is 2. The number of anilines is 1. The van der Waals surface area contributed by atoms with Crippen molar-refractivity contribution in [2.24, 2.45) is 0 Å². The van der Waals surface area contributed by atoms with Gasteiger partial charge < -0.3 is 4.42 Å². The van der Waals surface area contributed by atoms with Gasteiger partial charge >= 0.3 is 6.01 Å². The van der Waals surface area contributed by atoms with Crippen molar-refractivity contribution in [3.8, 4) is 0 Å². The van der Waals surface area contributed by atoms with Crippen molar-refractivity contribution in [2.45, 2.75) is 6.42 Å². The molecule has 0 radical (unpaired) electrons. The molecular formula is C18H15N3O2. The van der Waals surface area contributed by atoms with Crippen molar-refractivity contribution in [1.29, 1.82) is 0 Å². The van der Waals surface area contributed by atoms with Gasteiger partial charge in [0.25, 0.3) is 5.91 Å². The van der Waals surface area contributed by atoms with Crippen molar-refractivity contribution in [2.75, 3.05) is 5.32 Å². The van der Waals surface area contributed by atoms with Crippen LogP contribution in [0.3, 0.4) is 0 Å². The first-order valence-corrected chi connectivity index (χ1v) is 7.20. The van der Waals surface area contributed by atoms with Crippen molar-refractivity contribution < 1.29 is 9.21 Å². The van der Waals surface area contributed by atoms with Gasteiger partial charge in [-0.1, -0.05) is 65.8 Å². The molecule has 0 saturated carbocycles. The van der Waals surface area contributed by atoms with Crippen molar-refractivity contribution in [3.63, 3.8) is 0 Å². The Balaban J connectivity index is 1.58. The topological polar surface area (TPSA) is 68.0 Å². The van der Waals surface area contributed by atoms with Crippen molar-refractivity contribution in [1.82, 2.24) is 10.2 Å². The summed E-state index contributed by atoms with van der Waals surface area (Å²) < 4.78 is 5.42. The standard InChI is InChI=1S/C18H15N3O2/c22-16(12-11-14-7-3-1-4-8-14)19-18-21-20-17(23-18)13-15-9-5-2-6-10-15/h1-12H,13H2,(H,19,21,22)/b12-11+. The Bertz CT molecular complexity index is 795. The van der Waals surface area contributed by atoms with E-state index < -0.39 is 0 Å². The summed E-state index contributed by atoms with van der Waals surface area (Å²) in [5.41, 5.74) is 2.01. The number of carbonyl (C=O) groups excluding carboxylic acids is 1. The lowest BCUT2D eigenvalue weighted by molar-refractivity contribution is -0.112. The molecule has 0 unspecified atom stereocenters. The third kappa shape index (κ3) is 4.38. The highest BCUT2D eigenvalue weighted by Gasteiger charge is 2.08. The highest BCUT2D eigenvalue weighted by atomic mass is 16.4. The van der Waals surface area contributed by atoms with Gasteiger partial charge in [0.05, 0.1) is 6.42 Å². The number of benzene rings is 2. The molecule has 0 fully saturated rings. The van der Waals surface area contributed by atoms with E-state index in [0.717, 1.165) is 11.1 Å². The molecule has 2 aromatic carbocycles. The van der Waals surface area contributed by atoms with Crippen molar-refractivity contribution >= 4 is 18.0 Å². The number of carbonyl (C=O) groups is 1. The number of nitrogens with one attached hydrogen (secondary N) is 1. The lowest BCUT2D eigenvalue weighted by Crippen LogP contribution is -2.07. The minimum absolute atomic E-state index is 0.0960. The van der Waals surface area contributed by atoms with E-state index in [1.165, 1.54) is 6.08 Å². The highest BCUT2D eigenvalue weighted by Crippen LogP contribution is 2.11. The first kappa shape index (κ1) is 14.7. The number of rotatable bonds is 5. The maximum atomic E-state index is 11.8. The summed E-state index contributed by atoms with van der Waals surface area (Å²) in [6.45, 7) is 0. The van der Waals surface area contributed by atoms with E-state index in [1.54, 1.807) is 6.08 Å². The lowest BCUT2D eigenvalue weighted by Gasteiger charge is -1.96. The van der Waals surface area contributed by atoms with E-state index in [9.17, 15) is 4.79 Å². The van der Waals surface area contributed by atoms with E-state index in [-0.39, 0.29) is 11.9 Å². The quantitative estimate of drug-likeness (QED) is 0.734. The van der Waals surface area contributed by atoms with Gasteiger partial charge in [0.15, 0.2) is 0 Å². The average Bonchev–Trinajstić information content (AvgIpc) is 3.02. The first-order valence-electron chi connectivity index (χ1n) is 7.20. The van der Waals surface area contributed by atoms with Gasteiger partial charge in [0.1, 0.15) is 0 Å². The molecule has 0 aliphatic heterocycles. The minimum atomic E-state index is -0.316. The molecule has 0 saturated heterocycles. The smallest absolute Gasteiger partial charge is 0.322 e. The summed E-state index contributed by atoms with van der Waals surface area (Å²) in [4.78, 5) is 11.8. The third-order valence-electron chi connectivity index (χ3n) is 3.12. The maximum Gasteiger partial charge on any atom is 0.322 e. The third-order valence-corrected chi connectivity index (χ3v) is 3.12. The predicted octanol–water partition coefficient (Wildman–Crippen LogP) is 3.31. The maximum absolute atomic E-state index is 11.8. The zero-order valence-electron chi connectivity index (χ0n) is 12.3. The van der Waals surface area contributed by atoms with E-state index in [0.29, 0.717) is 12.3 Å². The van der Waals surface area contributed by atoms with Crippen LogP contribution in [0.4, 0.5) is 6.01 Å². The van der Waals surface area contributed by atoms with E-state index in [4.69, 9.17) is 4.42 Å². The summed E-state index contributed by atoms with van der Waals surface area (Å²) >= 11 is 0. The first-order chi connectivity index (χ1) is 11.3. The Labute approximate surface area is 133 Å². The van der Waals surface area contributed by atoms with E-state index >= 15 is 0 Å². The Morgan fingerprint density at radius 3 is 2.43 bits per heavy atom. The van der Waals surface area contributed by atoms with Gasteiger partial charge in [-0.05, 0) is 17.2 Å². The molecule has 1 N–H and O–H groups in total. The predicted molar refractivity (Wildman–Crippen MR) is 87.7 cm³/mol. The number of hydrogen-bond acceptors (Lipinski definition) is 4. The summed E-state index contributed by atoms with van der Waals surface area (Å²) in [6, 6.07) is 19.5. The largest absolute Gasteiger partial charge is 0.407 e. The van der Waals surface area contributed by atoms with E-state index in [2.05, 4.69) is 15.5 Å². The van der Waals surface area contributed by atoms with Gasteiger partial charge in [-0.2, -0.15) is 0 Å².